The van der Waals surface area contributed by atoms with Crippen molar-refractivity contribution in [1.82, 2.24) is 4.90 Å². The third-order valence-electron chi connectivity index (χ3n) is 14.6. The van der Waals surface area contributed by atoms with E-state index in [4.69, 9.17) is 18.9 Å². The number of alkyl halides is 1. The van der Waals surface area contributed by atoms with Crippen molar-refractivity contribution in [3.63, 3.8) is 0 Å². The predicted octanol–water partition coefficient (Wildman–Crippen LogP) is 4.42. The lowest BCUT2D eigenvalue weighted by molar-refractivity contribution is -0.219. The number of rotatable bonds is 11. The first-order valence-electron chi connectivity index (χ1n) is 20.8. The van der Waals surface area contributed by atoms with Crippen molar-refractivity contribution >= 4 is 23.5 Å². The van der Waals surface area contributed by atoms with Gasteiger partial charge in [-0.2, -0.15) is 0 Å². The third-order valence-corrected chi connectivity index (χ3v) is 14.6. The largest absolute Gasteiger partial charge is 0.507 e. The number of phenols is 1. The summed E-state index contributed by atoms with van der Waals surface area (Å²) in [4.78, 5) is 50.6. The molecule has 0 aromatic heterocycles. The second-order valence-electron chi connectivity index (χ2n) is 17.6. The lowest BCUT2D eigenvalue weighted by Crippen LogP contribution is -2.69. The summed E-state index contributed by atoms with van der Waals surface area (Å²) in [6, 6.07) is 0. The van der Waals surface area contributed by atoms with E-state index in [1.165, 1.54) is 12.2 Å². The number of halogens is 1. The first-order valence-corrected chi connectivity index (χ1v) is 20.8. The molecule has 59 heavy (non-hydrogen) atoms. The maximum absolute atomic E-state index is 16.9. The molecular weight excluding hydrogens is 765 g/mol. The minimum absolute atomic E-state index is 0.0676. The van der Waals surface area contributed by atoms with Gasteiger partial charge < -0.3 is 39.4 Å². The molecule has 7 rings (SSSR count). The van der Waals surface area contributed by atoms with E-state index in [1.54, 1.807) is 34.0 Å². The van der Waals surface area contributed by atoms with Gasteiger partial charge in [0.1, 0.15) is 42.5 Å². The molecule has 1 aromatic carbocycles. The van der Waals surface area contributed by atoms with Crippen LogP contribution >= 0.6 is 0 Å². The number of allylic oxidation sites excluding steroid dienone is 6. The molecule has 6 aliphatic rings. The highest BCUT2D eigenvalue weighted by Gasteiger charge is 2.75. The quantitative estimate of drug-likeness (QED) is 0.182. The molecular formula is C45H60FNO12. The number of morpholine rings is 1. The summed E-state index contributed by atoms with van der Waals surface area (Å²) in [5.74, 6) is -2.39. The Morgan fingerprint density at radius 1 is 1.14 bits per heavy atom. The Balaban J connectivity index is 0.000000199. The van der Waals surface area contributed by atoms with E-state index in [-0.39, 0.29) is 42.0 Å². The van der Waals surface area contributed by atoms with Gasteiger partial charge in [-0.15, -0.1) is 0 Å². The summed E-state index contributed by atoms with van der Waals surface area (Å²) in [6.45, 7) is 12.7. The summed E-state index contributed by atoms with van der Waals surface area (Å²) in [6.07, 6.45) is 7.61. The number of Topliss-reactive ketones (excluding diaryl/α,β-unsaturated/α-hetero) is 1. The SMILES string of the molecule is COc1c(C)c2c(c(O)c1C/C=C(\C)CCC(=O)OCCN1CCOCC1)C(=O)OC2.C[C@@H]1CC2C3CCC4=CC(=O)C=CC4(C)[C@@]3(F)C(O)CC2(C)[C@@]1(O)C(=O)CO. The van der Waals surface area contributed by atoms with Crippen LogP contribution in [-0.2, 0) is 41.6 Å². The molecule has 4 aliphatic carbocycles. The number of carbonyl (C=O) groups is 4. The lowest BCUT2D eigenvalue weighted by Gasteiger charge is -2.62. The Bertz CT molecular complexity index is 1940. The van der Waals surface area contributed by atoms with Gasteiger partial charge in [-0.1, -0.05) is 37.1 Å². The number of aliphatic hydroxyl groups excluding tert-OH is 2. The molecule has 0 amide bonds. The molecule has 14 heteroatoms. The standard InChI is InChI=1S/C23H31NO7.C22H29FO5/c1-15(5-7-19(25)30-13-10-24-8-11-29-12-9-24)4-6-17-21(26)20-18(14-31-23(20)27)16(2)22(17)28-3;1-12-8-16-15-5-4-13-9-14(25)6-7-19(13,2)21(15,23)17(26)10-20(16,3)22(12,28)18(27)11-24/h4,26H,5-14H2,1-3H3;6-7,9,12,15-17,24,26,28H,4-5,8,10-11H2,1-3H3/b15-4+;/t;12-,15?,16?,17?,19?,20?,21+,22+/m.1/s1. The number of cyclic esters (lactones) is 1. The summed E-state index contributed by atoms with van der Waals surface area (Å²) in [5.41, 5.74) is -1.94. The zero-order valence-corrected chi connectivity index (χ0v) is 35.1. The first kappa shape index (κ1) is 44.6. The van der Waals surface area contributed by atoms with Gasteiger partial charge in [0.05, 0.1) is 26.4 Å². The van der Waals surface area contributed by atoms with E-state index >= 15 is 4.39 Å². The Labute approximate surface area is 345 Å². The van der Waals surface area contributed by atoms with E-state index in [9.17, 15) is 39.6 Å². The molecule has 0 radical (unpaired) electrons. The maximum Gasteiger partial charge on any atom is 0.342 e. The van der Waals surface area contributed by atoms with Crippen LogP contribution in [0, 0.1) is 35.5 Å². The van der Waals surface area contributed by atoms with E-state index in [0.717, 1.165) is 44.0 Å². The van der Waals surface area contributed by atoms with E-state index in [2.05, 4.69) is 4.90 Å². The smallest absolute Gasteiger partial charge is 0.342 e. The number of carbonyl (C=O) groups excluding carboxylic acids is 4. The van der Waals surface area contributed by atoms with Gasteiger partial charge in [-0.3, -0.25) is 19.3 Å². The van der Waals surface area contributed by atoms with Crippen LogP contribution in [0.3, 0.4) is 0 Å². The van der Waals surface area contributed by atoms with Gasteiger partial charge in [-0.25, -0.2) is 9.18 Å². The molecule has 3 saturated carbocycles. The molecule has 324 valence electrons. The number of hydrogen-bond acceptors (Lipinski definition) is 13. The molecule has 1 saturated heterocycles. The van der Waals surface area contributed by atoms with Crippen molar-refractivity contribution in [2.24, 2.45) is 28.6 Å². The molecule has 4 N–H and O–H groups in total. The Hall–Kier alpha value is -3.95. The van der Waals surface area contributed by atoms with Crippen LogP contribution in [-0.4, -0.2) is 119 Å². The summed E-state index contributed by atoms with van der Waals surface area (Å²) in [7, 11) is 1.54. The zero-order chi connectivity index (χ0) is 43.1. The molecule has 2 heterocycles. The molecule has 0 bridgehead atoms. The Kier molecular flexibility index (Phi) is 13.0. The fourth-order valence-electron chi connectivity index (χ4n) is 11.2. The summed E-state index contributed by atoms with van der Waals surface area (Å²) in [5, 5.41) is 42.6. The highest BCUT2D eigenvalue weighted by atomic mass is 19.1. The maximum atomic E-state index is 16.9. The monoisotopic (exact) mass is 825 g/mol. The van der Waals surface area contributed by atoms with E-state index in [0.29, 0.717) is 67.6 Å². The minimum atomic E-state index is -1.98. The predicted molar refractivity (Wildman–Crippen MR) is 213 cm³/mol. The molecule has 8 atom stereocenters. The van der Waals surface area contributed by atoms with Gasteiger partial charge in [0.25, 0.3) is 0 Å². The van der Waals surface area contributed by atoms with Crippen molar-refractivity contribution in [2.45, 2.75) is 104 Å². The Morgan fingerprint density at radius 2 is 1.85 bits per heavy atom. The molecule has 1 aromatic rings. The fourth-order valence-corrected chi connectivity index (χ4v) is 11.2. The number of fused-ring (bicyclic) bond motifs is 6. The molecule has 0 spiro atoms. The summed E-state index contributed by atoms with van der Waals surface area (Å²) < 4.78 is 38.1. The van der Waals surface area contributed by atoms with Crippen molar-refractivity contribution < 1.29 is 62.9 Å². The van der Waals surface area contributed by atoms with Crippen molar-refractivity contribution in [2.75, 3.05) is 53.2 Å². The highest BCUT2D eigenvalue weighted by molar-refractivity contribution is 6.01. The van der Waals surface area contributed by atoms with Crippen molar-refractivity contribution in [3.05, 3.63) is 57.7 Å². The second kappa shape index (κ2) is 17.2. The number of aromatic hydroxyl groups is 1. The first-order chi connectivity index (χ1) is 27.9. The fraction of sp³-hybridized carbons (Fsp3) is 0.644. The van der Waals surface area contributed by atoms with Gasteiger partial charge in [0, 0.05) is 53.9 Å². The van der Waals surface area contributed by atoms with Gasteiger partial charge in [0.2, 0.25) is 0 Å². The number of methoxy groups -OCH3 is 1. The molecule has 4 fully saturated rings. The number of phenolic OH excluding ortho intramolecular Hbond substituents is 1. The highest BCUT2D eigenvalue weighted by Crippen LogP contribution is 2.70. The van der Waals surface area contributed by atoms with Crippen molar-refractivity contribution in [3.8, 4) is 11.5 Å². The van der Waals surface area contributed by atoms with Crippen LogP contribution in [0.15, 0.2) is 35.5 Å². The zero-order valence-electron chi connectivity index (χ0n) is 35.1. The molecule has 13 nitrogen and oxygen atoms in total. The normalized spacial score (nSPS) is 33.7. The third kappa shape index (κ3) is 7.57. The average molecular weight is 826 g/mol. The number of ether oxygens (including phenoxy) is 4. The molecule has 2 aliphatic heterocycles. The van der Waals surface area contributed by atoms with Gasteiger partial charge >= 0.3 is 11.9 Å². The average Bonchev–Trinajstić information content (AvgIpc) is 3.70. The van der Waals surface area contributed by atoms with Crippen LogP contribution in [0.2, 0.25) is 0 Å². The second-order valence-corrected chi connectivity index (χ2v) is 17.6. The van der Waals surface area contributed by atoms with Crippen LogP contribution < -0.4 is 4.74 Å². The summed E-state index contributed by atoms with van der Waals surface area (Å²) >= 11 is 0. The number of aliphatic hydroxyl groups is 3. The minimum Gasteiger partial charge on any atom is -0.507 e. The van der Waals surface area contributed by atoms with Crippen LogP contribution in [0.5, 0.6) is 11.5 Å². The number of nitrogens with zero attached hydrogens (tertiary/aromatic N) is 1. The van der Waals surface area contributed by atoms with E-state index < -0.39 is 58.4 Å². The van der Waals surface area contributed by atoms with Gasteiger partial charge in [0.15, 0.2) is 17.2 Å². The van der Waals surface area contributed by atoms with Crippen molar-refractivity contribution in [1.29, 1.82) is 0 Å². The van der Waals surface area contributed by atoms with Gasteiger partial charge in [-0.05, 0) is 88.8 Å². The van der Waals surface area contributed by atoms with E-state index in [1.807, 2.05) is 19.9 Å². The van der Waals surface area contributed by atoms with Crippen LogP contribution in [0.25, 0.3) is 0 Å². The number of ketones is 2. The number of benzene rings is 1. The number of hydrogen-bond donors (Lipinski definition) is 4. The molecule has 5 unspecified atom stereocenters. The van der Waals surface area contributed by atoms with Crippen LogP contribution in [0.1, 0.15) is 93.3 Å². The Morgan fingerprint density at radius 3 is 2.53 bits per heavy atom. The lowest BCUT2D eigenvalue weighted by atomic mass is 9.44. The number of esters is 2. The van der Waals surface area contributed by atoms with Crippen LogP contribution in [0.4, 0.5) is 4.39 Å². The topological polar surface area (TPSA) is 189 Å².